The summed E-state index contributed by atoms with van der Waals surface area (Å²) in [5, 5.41) is 0. The van der Waals surface area contributed by atoms with E-state index in [2.05, 4.69) is 0 Å². The van der Waals surface area contributed by atoms with Gasteiger partial charge < -0.3 is 4.90 Å². The largest absolute Gasteiger partial charge is 0.342 e. The van der Waals surface area contributed by atoms with E-state index in [0.717, 1.165) is 25.9 Å². The smallest absolute Gasteiger partial charge is 0.225 e. The zero-order chi connectivity index (χ0) is 12.1. The summed E-state index contributed by atoms with van der Waals surface area (Å²) in [4.78, 5) is 25.4. The lowest BCUT2D eigenvalue weighted by molar-refractivity contribution is -0.135. The first-order valence-corrected chi connectivity index (χ1v) is 6.36. The summed E-state index contributed by atoms with van der Waals surface area (Å²) < 4.78 is 0. The fraction of sp³-hybridized carbons (Fsp3) is 0.846. The van der Waals surface area contributed by atoms with Crippen molar-refractivity contribution in [2.24, 2.45) is 11.8 Å². The van der Waals surface area contributed by atoms with Crippen molar-refractivity contribution in [2.45, 2.75) is 46.5 Å². The average molecular weight is 225 g/mol. The van der Waals surface area contributed by atoms with E-state index in [1.165, 1.54) is 0 Å². The Morgan fingerprint density at radius 3 is 2.25 bits per heavy atom. The number of nitrogens with zero attached hydrogens (tertiary/aromatic N) is 1. The van der Waals surface area contributed by atoms with Crippen LogP contribution in [0.5, 0.6) is 0 Å². The van der Waals surface area contributed by atoms with Gasteiger partial charge in [-0.25, -0.2) is 0 Å². The molecule has 3 heteroatoms. The van der Waals surface area contributed by atoms with Gasteiger partial charge >= 0.3 is 0 Å². The lowest BCUT2D eigenvalue weighted by atomic mass is 9.89. The number of rotatable bonds is 5. The van der Waals surface area contributed by atoms with Crippen LogP contribution in [0.2, 0.25) is 0 Å². The number of hydrogen-bond donors (Lipinski definition) is 0. The minimum Gasteiger partial charge on any atom is -0.342 e. The number of likely N-dealkylation sites (tertiary alicyclic amines) is 1. The Labute approximate surface area is 98.2 Å². The lowest BCUT2D eigenvalue weighted by Crippen LogP contribution is -2.35. The molecule has 1 heterocycles. The Kier molecular flexibility index (Phi) is 4.97. The predicted molar refractivity (Wildman–Crippen MR) is 64.1 cm³/mol. The summed E-state index contributed by atoms with van der Waals surface area (Å²) >= 11 is 0. The van der Waals surface area contributed by atoms with Crippen molar-refractivity contribution in [3.63, 3.8) is 0 Å². The fourth-order valence-electron chi connectivity index (χ4n) is 2.15. The molecular weight excluding hydrogens is 202 g/mol. The van der Waals surface area contributed by atoms with Gasteiger partial charge in [0.05, 0.1) is 0 Å². The van der Waals surface area contributed by atoms with Gasteiger partial charge in [-0.3, -0.25) is 9.59 Å². The molecule has 0 bridgehead atoms. The van der Waals surface area contributed by atoms with Crippen molar-refractivity contribution in [1.82, 2.24) is 4.90 Å². The highest BCUT2D eigenvalue weighted by atomic mass is 16.2. The summed E-state index contributed by atoms with van der Waals surface area (Å²) in [5.74, 6) is 0.636. The molecule has 0 aromatic heterocycles. The van der Waals surface area contributed by atoms with Crippen LogP contribution >= 0.6 is 0 Å². The summed E-state index contributed by atoms with van der Waals surface area (Å²) in [6.45, 7) is 7.64. The van der Waals surface area contributed by atoms with Gasteiger partial charge in [0.1, 0.15) is 5.78 Å². The molecule has 0 radical (unpaired) electrons. The molecule has 3 nitrogen and oxygen atoms in total. The van der Waals surface area contributed by atoms with Gasteiger partial charge in [-0.15, -0.1) is 0 Å². The number of Topliss-reactive ketones (excluding diaryl/α,β-unsaturated/α-hetero) is 1. The summed E-state index contributed by atoms with van der Waals surface area (Å²) in [6, 6.07) is 0. The number of carbonyl (C=O) groups is 2. The zero-order valence-electron chi connectivity index (χ0n) is 10.7. The number of carbonyl (C=O) groups excluding carboxylic acids is 2. The normalized spacial score (nSPS) is 19.6. The van der Waals surface area contributed by atoms with E-state index in [4.69, 9.17) is 0 Å². The quantitative estimate of drug-likeness (QED) is 0.719. The van der Waals surface area contributed by atoms with Crippen molar-refractivity contribution in [3.05, 3.63) is 0 Å². The molecule has 2 atom stereocenters. The third-order valence-electron chi connectivity index (χ3n) is 3.60. The topological polar surface area (TPSA) is 37.4 Å². The Hall–Kier alpha value is -0.860. The first kappa shape index (κ1) is 13.2. The molecule has 0 aromatic rings. The highest BCUT2D eigenvalue weighted by Gasteiger charge is 2.27. The van der Waals surface area contributed by atoms with Crippen LogP contribution in [0.1, 0.15) is 46.5 Å². The molecule has 0 N–H and O–H groups in total. The van der Waals surface area contributed by atoms with Crippen molar-refractivity contribution in [3.8, 4) is 0 Å². The van der Waals surface area contributed by atoms with E-state index in [1.54, 1.807) is 0 Å². The van der Waals surface area contributed by atoms with E-state index in [0.29, 0.717) is 12.8 Å². The number of ketones is 1. The first-order valence-electron chi connectivity index (χ1n) is 6.36. The van der Waals surface area contributed by atoms with Crippen LogP contribution in [-0.2, 0) is 9.59 Å². The molecule has 0 spiro atoms. The lowest BCUT2D eigenvalue weighted by Gasteiger charge is -2.24. The molecule has 2 unspecified atom stereocenters. The van der Waals surface area contributed by atoms with Gasteiger partial charge in [0.15, 0.2) is 0 Å². The number of hydrogen-bond acceptors (Lipinski definition) is 2. The molecule has 92 valence electrons. The van der Waals surface area contributed by atoms with E-state index >= 15 is 0 Å². The van der Waals surface area contributed by atoms with Gasteiger partial charge in [0.2, 0.25) is 5.91 Å². The van der Waals surface area contributed by atoms with Crippen molar-refractivity contribution >= 4 is 11.7 Å². The van der Waals surface area contributed by atoms with Crippen molar-refractivity contribution in [1.29, 1.82) is 0 Å². The van der Waals surface area contributed by atoms with Gasteiger partial charge in [-0.05, 0) is 18.8 Å². The first-order chi connectivity index (χ1) is 7.56. The highest BCUT2D eigenvalue weighted by Crippen LogP contribution is 2.21. The molecule has 1 amide bonds. The molecule has 1 aliphatic rings. The molecule has 1 fully saturated rings. The molecule has 0 saturated carbocycles. The second-order valence-corrected chi connectivity index (χ2v) is 4.89. The van der Waals surface area contributed by atoms with E-state index in [-0.39, 0.29) is 23.5 Å². The predicted octanol–water partition coefficient (Wildman–Crippen LogP) is 2.25. The monoisotopic (exact) mass is 225 g/mol. The van der Waals surface area contributed by atoms with Crippen LogP contribution in [0, 0.1) is 11.8 Å². The van der Waals surface area contributed by atoms with Gasteiger partial charge in [0.25, 0.3) is 0 Å². The molecule has 1 aliphatic heterocycles. The molecule has 0 aliphatic carbocycles. The fourth-order valence-corrected chi connectivity index (χ4v) is 2.15. The Morgan fingerprint density at radius 1 is 1.19 bits per heavy atom. The second-order valence-electron chi connectivity index (χ2n) is 4.89. The highest BCUT2D eigenvalue weighted by molar-refractivity contribution is 5.82. The number of amides is 1. The molecule has 16 heavy (non-hydrogen) atoms. The van der Waals surface area contributed by atoms with Gasteiger partial charge in [-0.1, -0.05) is 20.8 Å². The van der Waals surface area contributed by atoms with Crippen LogP contribution in [0.25, 0.3) is 0 Å². The van der Waals surface area contributed by atoms with Crippen LogP contribution in [0.4, 0.5) is 0 Å². The third kappa shape index (κ3) is 3.32. The summed E-state index contributed by atoms with van der Waals surface area (Å²) in [7, 11) is 0. The van der Waals surface area contributed by atoms with E-state index in [9.17, 15) is 9.59 Å². The molecular formula is C13H23NO2. The summed E-state index contributed by atoms with van der Waals surface area (Å²) in [6.07, 6.45) is 3.37. The Balaban J connectivity index is 2.45. The van der Waals surface area contributed by atoms with Crippen LogP contribution in [0.15, 0.2) is 0 Å². The van der Waals surface area contributed by atoms with Crippen LogP contribution in [-0.4, -0.2) is 29.7 Å². The third-order valence-corrected chi connectivity index (χ3v) is 3.60. The van der Waals surface area contributed by atoms with E-state index in [1.807, 2.05) is 25.7 Å². The SMILES string of the molecule is CCC(=O)CC(C)C(C)C(=O)N1CCCC1. The maximum absolute atomic E-state index is 12.1. The maximum Gasteiger partial charge on any atom is 0.225 e. The maximum atomic E-state index is 12.1. The van der Waals surface area contributed by atoms with Crippen molar-refractivity contribution in [2.75, 3.05) is 13.1 Å². The van der Waals surface area contributed by atoms with Crippen molar-refractivity contribution < 1.29 is 9.59 Å². The molecule has 1 rings (SSSR count). The van der Waals surface area contributed by atoms with Gasteiger partial charge in [-0.2, -0.15) is 0 Å². The van der Waals surface area contributed by atoms with Crippen LogP contribution < -0.4 is 0 Å². The minimum atomic E-state index is -0.0198. The molecule has 0 aromatic carbocycles. The van der Waals surface area contributed by atoms with E-state index < -0.39 is 0 Å². The Morgan fingerprint density at radius 2 is 1.75 bits per heavy atom. The standard InChI is InChI=1S/C13H23NO2/c1-4-12(15)9-10(2)11(3)13(16)14-7-5-6-8-14/h10-11H,4-9H2,1-3H3. The Bertz CT molecular complexity index is 257. The zero-order valence-corrected chi connectivity index (χ0v) is 10.7. The minimum absolute atomic E-state index is 0.0198. The van der Waals surface area contributed by atoms with Crippen LogP contribution in [0.3, 0.4) is 0 Å². The second kappa shape index (κ2) is 6.02. The average Bonchev–Trinajstić information content (AvgIpc) is 2.80. The van der Waals surface area contributed by atoms with Gasteiger partial charge in [0, 0.05) is 31.8 Å². The molecule has 1 saturated heterocycles. The summed E-state index contributed by atoms with van der Waals surface area (Å²) in [5.41, 5.74) is 0.